The second-order valence-electron chi connectivity index (χ2n) is 5.14. The zero-order chi connectivity index (χ0) is 16.1. The van der Waals surface area contributed by atoms with E-state index in [4.69, 9.17) is 22.8 Å². The van der Waals surface area contributed by atoms with Gasteiger partial charge in [0.1, 0.15) is 12.4 Å². The number of hydrogen-bond donors (Lipinski definition) is 0. The Hall–Kier alpha value is -2.69. The zero-order valence-electron chi connectivity index (χ0n) is 12.5. The van der Waals surface area contributed by atoms with Gasteiger partial charge in [-0.1, -0.05) is 60.0 Å². The fourth-order valence-electron chi connectivity index (χ4n) is 2.33. The lowest BCUT2D eigenvalue weighted by atomic mass is 10.0. The van der Waals surface area contributed by atoms with Crippen LogP contribution in [0.25, 0.3) is 11.1 Å². The van der Waals surface area contributed by atoms with Crippen molar-refractivity contribution >= 4 is 11.6 Å². The van der Waals surface area contributed by atoms with Gasteiger partial charge in [0.25, 0.3) is 0 Å². The van der Waals surface area contributed by atoms with E-state index in [1.54, 1.807) is 0 Å². The predicted octanol–water partition coefficient (Wildman–Crippen LogP) is 5.57. The molecule has 0 heterocycles. The SMILES string of the molecule is C#Cc1ccc(-c2ccc(Cl)cc2)c(OCc2ccccc2)c1. The molecule has 3 aromatic rings. The Bertz CT molecular complexity index is 830. The molecule has 2 heteroatoms. The molecule has 0 N–H and O–H groups in total. The normalized spacial score (nSPS) is 10.1. The summed E-state index contributed by atoms with van der Waals surface area (Å²) in [5.74, 6) is 3.42. The van der Waals surface area contributed by atoms with Gasteiger partial charge in [-0.05, 0) is 41.5 Å². The minimum Gasteiger partial charge on any atom is -0.488 e. The monoisotopic (exact) mass is 318 g/mol. The Morgan fingerprint density at radius 1 is 0.913 bits per heavy atom. The molecular weight excluding hydrogens is 304 g/mol. The zero-order valence-corrected chi connectivity index (χ0v) is 13.3. The Kier molecular flexibility index (Phi) is 4.66. The van der Waals surface area contributed by atoms with Crippen LogP contribution >= 0.6 is 11.6 Å². The van der Waals surface area contributed by atoms with Gasteiger partial charge in [-0.15, -0.1) is 6.42 Å². The predicted molar refractivity (Wildman–Crippen MR) is 95.6 cm³/mol. The van der Waals surface area contributed by atoms with Crippen LogP contribution in [0.4, 0.5) is 0 Å². The number of rotatable bonds is 4. The van der Waals surface area contributed by atoms with Gasteiger partial charge < -0.3 is 4.74 Å². The summed E-state index contributed by atoms with van der Waals surface area (Å²) in [5.41, 5.74) is 3.95. The smallest absolute Gasteiger partial charge is 0.128 e. The summed E-state index contributed by atoms with van der Waals surface area (Å²) in [6.07, 6.45) is 5.51. The molecule has 112 valence electrons. The largest absolute Gasteiger partial charge is 0.488 e. The topological polar surface area (TPSA) is 9.23 Å². The van der Waals surface area contributed by atoms with Gasteiger partial charge in [-0.3, -0.25) is 0 Å². The van der Waals surface area contributed by atoms with Gasteiger partial charge in [0.15, 0.2) is 0 Å². The molecule has 0 aliphatic heterocycles. The molecule has 0 spiro atoms. The first-order valence-electron chi connectivity index (χ1n) is 7.29. The fraction of sp³-hybridized carbons (Fsp3) is 0.0476. The lowest BCUT2D eigenvalue weighted by Gasteiger charge is -2.13. The number of hydrogen-bond acceptors (Lipinski definition) is 1. The van der Waals surface area contributed by atoms with Gasteiger partial charge in [-0.25, -0.2) is 0 Å². The Morgan fingerprint density at radius 3 is 2.35 bits per heavy atom. The molecule has 0 amide bonds. The Labute approximate surface area is 141 Å². The maximum Gasteiger partial charge on any atom is 0.128 e. The third-order valence-corrected chi connectivity index (χ3v) is 3.79. The van der Waals surface area contributed by atoms with Crippen molar-refractivity contribution in [3.8, 4) is 29.2 Å². The van der Waals surface area contributed by atoms with Crippen molar-refractivity contribution in [1.82, 2.24) is 0 Å². The summed E-state index contributed by atoms with van der Waals surface area (Å²) in [4.78, 5) is 0. The van der Waals surface area contributed by atoms with Crippen LogP contribution in [-0.4, -0.2) is 0 Å². The number of benzene rings is 3. The summed E-state index contributed by atoms with van der Waals surface area (Å²) in [6, 6.07) is 23.5. The summed E-state index contributed by atoms with van der Waals surface area (Å²) < 4.78 is 6.02. The van der Waals surface area contributed by atoms with E-state index >= 15 is 0 Å². The van der Waals surface area contributed by atoms with Crippen molar-refractivity contribution in [2.45, 2.75) is 6.61 Å². The van der Waals surface area contributed by atoms with Crippen LogP contribution in [0.5, 0.6) is 5.75 Å². The highest BCUT2D eigenvalue weighted by molar-refractivity contribution is 6.30. The van der Waals surface area contributed by atoms with Crippen molar-refractivity contribution in [1.29, 1.82) is 0 Å². The highest BCUT2D eigenvalue weighted by atomic mass is 35.5. The molecule has 0 aliphatic carbocycles. The van der Waals surface area contributed by atoms with Crippen LogP contribution in [0.3, 0.4) is 0 Å². The van der Waals surface area contributed by atoms with Crippen LogP contribution in [0.1, 0.15) is 11.1 Å². The molecule has 0 saturated carbocycles. The maximum atomic E-state index is 6.02. The highest BCUT2D eigenvalue weighted by Gasteiger charge is 2.08. The van der Waals surface area contributed by atoms with E-state index in [2.05, 4.69) is 5.92 Å². The van der Waals surface area contributed by atoms with Crippen LogP contribution in [0, 0.1) is 12.3 Å². The minimum absolute atomic E-state index is 0.495. The van der Waals surface area contributed by atoms with E-state index < -0.39 is 0 Å². The molecule has 23 heavy (non-hydrogen) atoms. The lowest BCUT2D eigenvalue weighted by Crippen LogP contribution is -1.97. The number of halogens is 1. The third kappa shape index (κ3) is 3.74. The molecule has 3 aromatic carbocycles. The quantitative estimate of drug-likeness (QED) is 0.572. The second-order valence-corrected chi connectivity index (χ2v) is 5.57. The van der Waals surface area contributed by atoms with Gasteiger partial charge in [0, 0.05) is 16.1 Å². The Morgan fingerprint density at radius 2 is 1.65 bits per heavy atom. The van der Waals surface area contributed by atoms with E-state index in [9.17, 15) is 0 Å². The van der Waals surface area contributed by atoms with E-state index in [1.165, 1.54) is 0 Å². The molecule has 1 nitrogen and oxygen atoms in total. The van der Waals surface area contributed by atoms with Crippen molar-refractivity contribution in [3.63, 3.8) is 0 Å². The maximum absolute atomic E-state index is 6.02. The molecule has 0 aliphatic rings. The molecule has 0 unspecified atom stereocenters. The highest BCUT2D eigenvalue weighted by Crippen LogP contribution is 2.32. The molecule has 0 fully saturated rings. The van der Waals surface area contributed by atoms with Crippen molar-refractivity contribution < 1.29 is 4.74 Å². The minimum atomic E-state index is 0.495. The van der Waals surface area contributed by atoms with Gasteiger partial charge in [-0.2, -0.15) is 0 Å². The Balaban J connectivity index is 1.93. The summed E-state index contributed by atoms with van der Waals surface area (Å²) in [5, 5.41) is 0.709. The van der Waals surface area contributed by atoms with E-state index in [0.717, 1.165) is 28.0 Å². The third-order valence-electron chi connectivity index (χ3n) is 3.54. The summed E-state index contributed by atoms with van der Waals surface area (Å²) in [7, 11) is 0. The van der Waals surface area contributed by atoms with Crippen molar-refractivity contribution in [2.24, 2.45) is 0 Å². The average molecular weight is 319 g/mol. The van der Waals surface area contributed by atoms with Crippen LogP contribution in [-0.2, 0) is 6.61 Å². The van der Waals surface area contributed by atoms with E-state index in [1.807, 2.05) is 72.8 Å². The summed E-state index contributed by atoms with van der Waals surface area (Å²) in [6.45, 7) is 0.495. The van der Waals surface area contributed by atoms with Gasteiger partial charge in [0.2, 0.25) is 0 Å². The first kappa shape index (κ1) is 15.2. The van der Waals surface area contributed by atoms with E-state index in [-0.39, 0.29) is 0 Å². The van der Waals surface area contributed by atoms with Crippen LogP contribution in [0.15, 0.2) is 72.8 Å². The first-order chi connectivity index (χ1) is 11.3. The van der Waals surface area contributed by atoms with Gasteiger partial charge >= 0.3 is 0 Å². The second kappa shape index (κ2) is 7.05. The average Bonchev–Trinajstić information content (AvgIpc) is 2.61. The molecule has 0 bridgehead atoms. The van der Waals surface area contributed by atoms with Crippen LogP contribution < -0.4 is 4.74 Å². The molecule has 0 aromatic heterocycles. The van der Waals surface area contributed by atoms with E-state index in [0.29, 0.717) is 11.6 Å². The molecular formula is C21H15ClO. The van der Waals surface area contributed by atoms with Crippen molar-refractivity contribution in [2.75, 3.05) is 0 Å². The number of terminal acetylenes is 1. The van der Waals surface area contributed by atoms with Crippen molar-refractivity contribution in [3.05, 3.63) is 88.9 Å². The van der Waals surface area contributed by atoms with Gasteiger partial charge in [0.05, 0.1) is 0 Å². The molecule has 3 rings (SSSR count). The molecule has 0 atom stereocenters. The standard InChI is InChI=1S/C21H15ClO/c1-2-16-8-13-20(18-9-11-19(22)12-10-18)21(14-16)23-15-17-6-4-3-5-7-17/h1,3-14H,15H2. The molecule has 0 saturated heterocycles. The molecule has 0 radical (unpaired) electrons. The van der Waals surface area contributed by atoms with Crippen LogP contribution in [0.2, 0.25) is 5.02 Å². The lowest BCUT2D eigenvalue weighted by molar-refractivity contribution is 0.307. The first-order valence-corrected chi connectivity index (χ1v) is 7.67. The summed E-state index contributed by atoms with van der Waals surface area (Å²) >= 11 is 5.97. The number of ether oxygens (including phenoxy) is 1. The fourth-order valence-corrected chi connectivity index (χ4v) is 2.46.